The molecular weight excluding hydrogens is 292 g/mol. The Morgan fingerprint density at radius 2 is 1.74 bits per heavy atom. The lowest BCUT2D eigenvalue weighted by molar-refractivity contribution is 0.193. The van der Waals surface area contributed by atoms with Crippen LogP contribution in [0, 0.1) is 0 Å². The van der Waals surface area contributed by atoms with Gasteiger partial charge in [-0.2, -0.15) is 4.68 Å². The maximum absolute atomic E-state index is 12.7. The van der Waals surface area contributed by atoms with Crippen molar-refractivity contribution in [2.45, 2.75) is 0 Å². The Morgan fingerprint density at radius 3 is 2.52 bits per heavy atom. The van der Waals surface area contributed by atoms with Crippen LogP contribution in [0.3, 0.4) is 0 Å². The third-order valence-corrected chi connectivity index (χ3v) is 4.06. The van der Waals surface area contributed by atoms with Crippen molar-refractivity contribution in [1.29, 1.82) is 0 Å². The van der Waals surface area contributed by atoms with Crippen LogP contribution in [0.15, 0.2) is 48.7 Å². The highest BCUT2D eigenvalue weighted by Crippen LogP contribution is 2.15. The van der Waals surface area contributed by atoms with Gasteiger partial charge in [0.05, 0.1) is 5.52 Å². The Hall–Kier alpha value is -2.96. The summed E-state index contributed by atoms with van der Waals surface area (Å²) in [4.78, 5) is 21.0. The number of piperazine rings is 1. The number of para-hydroxylation sites is 1. The predicted molar refractivity (Wildman–Crippen MR) is 86.3 cm³/mol. The first-order valence-electron chi connectivity index (χ1n) is 7.58. The molecule has 0 spiro atoms. The quantitative estimate of drug-likeness (QED) is 0.683. The zero-order chi connectivity index (χ0) is 15.6. The summed E-state index contributed by atoms with van der Waals surface area (Å²) in [5.74, 6) is 0.950. The molecule has 23 heavy (non-hydrogen) atoms. The summed E-state index contributed by atoms with van der Waals surface area (Å²) in [7, 11) is 0. The van der Waals surface area contributed by atoms with Gasteiger partial charge in [0.15, 0.2) is 0 Å². The second-order valence-corrected chi connectivity index (χ2v) is 5.43. The van der Waals surface area contributed by atoms with Crippen molar-refractivity contribution in [3.63, 3.8) is 0 Å². The maximum atomic E-state index is 12.7. The molecule has 1 aliphatic rings. The first kappa shape index (κ1) is 13.7. The number of benzene rings is 1. The van der Waals surface area contributed by atoms with E-state index in [1.807, 2.05) is 42.5 Å². The van der Waals surface area contributed by atoms with Gasteiger partial charge in [-0.15, -0.1) is 5.10 Å². The topological polar surface area (TPSA) is 67.2 Å². The van der Waals surface area contributed by atoms with E-state index in [4.69, 9.17) is 0 Å². The molecule has 2 aromatic heterocycles. The molecule has 116 valence electrons. The molecule has 0 saturated carbocycles. The van der Waals surface area contributed by atoms with E-state index in [0.29, 0.717) is 13.1 Å². The van der Waals surface area contributed by atoms with Crippen LogP contribution in [0.2, 0.25) is 0 Å². The Morgan fingerprint density at radius 1 is 0.957 bits per heavy atom. The van der Waals surface area contributed by atoms with Gasteiger partial charge in [-0.3, -0.25) is 0 Å². The predicted octanol–water partition coefficient (Wildman–Crippen LogP) is 1.62. The number of amides is 1. The fraction of sp³-hybridized carbons (Fsp3) is 0.250. The molecule has 0 radical (unpaired) electrons. The minimum atomic E-state index is -0.126. The van der Waals surface area contributed by atoms with Gasteiger partial charge < -0.3 is 9.80 Å². The van der Waals surface area contributed by atoms with Gasteiger partial charge in [-0.1, -0.05) is 23.4 Å². The second-order valence-electron chi connectivity index (χ2n) is 5.43. The van der Waals surface area contributed by atoms with E-state index in [-0.39, 0.29) is 6.03 Å². The molecule has 1 saturated heterocycles. The van der Waals surface area contributed by atoms with Gasteiger partial charge in [0.25, 0.3) is 0 Å². The highest BCUT2D eigenvalue weighted by Gasteiger charge is 2.24. The van der Waals surface area contributed by atoms with Crippen molar-refractivity contribution < 1.29 is 4.79 Å². The molecule has 4 rings (SSSR count). The highest BCUT2D eigenvalue weighted by atomic mass is 16.2. The van der Waals surface area contributed by atoms with E-state index in [0.717, 1.165) is 29.9 Å². The summed E-state index contributed by atoms with van der Waals surface area (Å²) in [6.07, 6.45) is 1.79. The first-order valence-corrected chi connectivity index (χ1v) is 7.58. The van der Waals surface area contributed by atoms with Crippen LogP contribution >= 0.6 is 0 Å². The number of pyridine rings is 1. The molecule has 7 heteroatoms. The summed E-state index contributed by atoms with van der Waals surface area (Å²) in [6.45, 7) is 2.80. The molecule has 0 N–H and O–H groups in total. The van der Waals surface area contributed by atoms with Gasteiger partial charge in [-0.25, -0.2) is 9.78 Å². The van der Waals surface area contributed by atoms with Crippen LogP contribution < -0.4 is 4.90 Å². The fourth-order valence-electron chi connectivity index (χ4n) is 2.81. The Bertz CT molecular complexity index is 823. The molecule has 1 fully saturated rings. The average molecular weight is 308 g/mol. The second kappa shape index (κ2) is 5.68. The number of aromatic nitrogens is 4. The van der Waals surface area contributed by atoms with Crippen LogP contribution in [0.1, 0.15) is 0 Å². The smallest absolute Gasteiger partial charge is 0.346 e. The molecular formula is C16H16N6O. The molecule has 0 unspecified atom stereocenters. The van der Waals surface area contributed by atoms with E-state index in [1.54, 1.807) is 11.1 Å². The van der Waals surface area contributed by atoms with Crippen molar-refractivity contribution >= 4 is 22.9 Å². The van der Waals surface area contributed by atoms with Gasteiger partial charge in [0.2, 0.25) is 0 Å². The van der Waals surface area contributed by atoms with E-state index in [9.17, 15) is 4.79 Å². The fourth-order valence-corrected chi connectivity index (χ4v) is 2.81. The third-order valence-electron chi connectivity index (χ3n) is 4.06. The number of carbonyl (C=O) groups excluding carboxylic acids is 1. The monoisotopic (exact) mass is 308 g/mol. The third kappa shape index (κ3) is 2.50. The lowest BCUT2D eigenvalue weighted by atomic mass is 10.3. The maximum Gasteiger partial charge on any atom is 0.346 e. The molecule has 0 atom stereocenters. The van der Waals surface area contributed by atoms with Gasteiger partial charge in [0, 0.05) is 32.4 Å². The molecule has 7 nitrogen and oxygen atoms in total. The number of fused-ring (bicyclic) bond motifs is 1. The SMILES string of the molecule is O=C(N1CCN(c2ccccn2)CC1)n1nnc2ccccc21. The minimum absolute atomic E-state index is 0.126. The number of hydrogen-bond acceptors (Lipinski definition) is 5. The first-order chi connectivity index (χ1) is 11.3. The number of anilines is 1. The summed E-state index contributed by atoms with van der Waals surface area (Å²) < 4.78 is 1.38. The van der Waals surface area contributed by atoms with Crippen LogP contribution in [0.4, 0.5) is 10.6 Å². The van der Waals surface area contributed by atoms with Crippen LogP contribution in [-0.2, 0) is 0 Å². The van der Waals surface area contributed by atoms with Gasteiger partial charge in [-0.05, 0) is 24.3 Å². The van der Waals surface area contributed by atoms with E-state index in [1.165, 1.54) is 4.68 Å². The van der Waals surface area contributed by atoms with Crippen LogP contribution in [0.25, 0.3) is 11.0 Å². The molecule has 0 aliphatic carbocycles. The zero-order valence-corrected chi connectivity index (χ0v) is 12.5. The van der Waals surface area contributed by atoms with Crippen LogP contribution in [0.5, 0.6) is 0 Å². The van der Waals surface area contributed by atoms with Gasteiger partial charge >= 0.3 is 6.03 Å². The van der Waals surface area contributed by atoms with Crippen LogP contribution in [-0.4, -0.2) is 57.1 Å². The lowest BCUT2D eigenvalue weighted by Gasteiger charge is -2.35. The summed E-state index contributed by atoms with van der Waals surface area (Å²) in [6, 6.07) is 13.2. The van der Waals surface area contributed by atoms with E-state index < -0.39 is 0 Å². The van der Waals surface area contributed by atoms with Crippen molar-refractivity contribution in [3.8, 4) is 0 Å². The molecule has 0 bridgehead atoms. The molecule has 1 aromatic carbocycles. The standard InChI is InChI=1S/C16H16N6O/c23-16(22-14-6-2-1-5-13(14)18-19-22)21-11-9-20(10-12-21)15-7-3-4-8-17-15/h1-8H,9-12H2. The number of nitrogens with zero attached hydrogens (tertiary/aromatic N) is 6. The minimum Gasteiger partial charge on any atom is -0.353 e. The van der Waals surface area contributed by atoms with Gasteiger partial charge in [0.1, 0.15) is 11.3 Å². The van der Waals surface area contributed by atoms with E-state index >= 15 is 0 Å². The highest BCUT2D eigenvalue weighted by molar-refractivity contribution is 5.87. The van der Waals surface area contributed by atoms with Crippen molar-refractivity contribution in [3.05, 3.63) is 48.7 Å². The number of carbonyl (C=O) groups is 1. The summed E-state index contributed by atoms with van der Waals surface area (Å²) in [5, 5.41) is 8.04. The summed E-state index contributed by atoms with van der Waals surface area (Å²) in [5.41, 5.74) is 1.47. The average Bonchev–Trinajstić information content (AvgIpc) is 3.06. The Kier molecular flexibility index (Phi) is 3.38. The number of rotatable bonds is 1. The number of hydrogen-bond donors (Lipinski definition) is 0. The largest absolute Gasteiger partial charge is 0.353 e. The molecule has 1 amide bonds. The Labute approximate surface area is 133 Å². The van der Waals surface area contributed by atoms with Crippen molar-refractivity contribution in [2.75, 3.05) is 31.1 Å². The normalized spacial score (nSPS) is 15.1. The molecule has 3 heterocycles. The van der Waals surface area contributed by atoms with Crippen molar-refractivity contribution in [2.24, 2.45) is 0 Å². The Balaban J connectivity index is 1.49. The lowest BCUT2D eigenvalue weighted by Crippen LogP contribution is -2.50. The summed E-state index contributed by atoms with van der Waals surface area (Å²) >= 11 is 0. The molecule has 1 aliphatic heterocycles. The van der Waals surface area contributed by atoms with Crippen molar-refractivity contribution in [1.82, 2.24) is 24.9 Å². The zero-order valence-electron chi connectivity index (χ0n) is 12.5. The molecule has 3 aromatic rings. The van der Waals surface area contributed by atoms with E-state index in [2.05, 4.69) is 20.2 Å².